The zero-order valence-corrected chi connectivity index (χ0v) is 15.5. The Hall–Kier alpha value is -1.65. The van der Waals surface area contributed by atoms with Gasteiger partial charge in [-0.2, -0.15) is 0 Å². The lowest BCUT2D eigenvalue weighted by Gasteiger charge is -2.34. The molecule has 2 heterocycles. The van der Waals surface area contributed by atoms with Crippen molar-refractivity contribution >= 4 is 11.7 Å². The van der Waals surface area contributed by atoms with Crippen LogP contribution >= 0.6 is 0 Å². The number of hydrogen-bond acceptors (Lipinski definition) is 4. The standard InChI is InChI=1S/C20H30N2O3/c1-3-4-5-20(24)22-10-8-15(9-11-22)14(2)12-18(23)17-13-19(25-21-17)16-6-7-16/h13-16H,3-12H2,1-2H3/t14-/m1/s1. The van der Waals surface area contributed by atoms with Crippen LogP contribution in [-0.2, 0) is 4.79 Å². The number of likely N-dealkylation sites (tertiary alicyclic amines) is 1. The number of aromatic nitrogens is 1. The molecule has 0 spiro atoms. The highest BCUT2D eigenvalue weighted by atomic mass is 16.5. The van der Waals surface area contributed by atoms with E-state index >= 15 is 0 Å². The normalized spacial score (nSPS) is 19.8. The van der Waals surface area contributed by atoms with Crippen LogP contribution in [0, 0.1) is 11.8 Å². The van der Waals surface area contributed by atoms with Crippen LogP contribution in [0.2, 0.25) is 0 Å². The maximum absolute atomic E-state index is 12.5. The van der Waals surface area contributed by atoms with Crippen LogP contribution in [0.1, 0.15) is 87.4 Å². The highest BCUT2D eigenvalue weighted by molar-refractivity contribution is 5.94. The Bertz CT molecular complexity index is 598. The van der Waals surface area contributed by atoms with Crippen LogP contribution in [0.5, 0.6) is 0 Å². The van der Waals surface area contributed by atoms with Crippen LogP contribution in [-0.4, -0.2) is 34.8 Å². The Labute approximate surface area is 150 Å². The maximum Gasteiger partial charge on any atom is 0.222 e. The van der Waals surface area contributed by atoms with Gasteiger partial charge in [0.25, 0.3) is 0 Å². The number of carbonyl (C=O) groups is 2. The largest absolute Gasteiger partial charge is 0.360 e. The van der Waals surface area contributed by atoms with Crippen LogP contribution in [0.25, 0.3) is 0 Å². The number of amides is 1. The number of piperidine rings is 1. The van der Waals surface area contributed by atoms with Gasteiger partial charge < -0.3 is 9.42 Å². The van der Waals surface area contributed by atoms with E-state index in [2.05, 4.69) is 19.0 Å². The van der Waals surface area contributed by atoms with Crippen molar-refractivity contribution in [3.05, 3.63) is 17.5 Å². The molecule has 138 valence electrons. The van der Waals surface area contributed by atoms with E-state index < -0.39 is 0 Å². The summed E-state index contributed by atoms with van der Waals surface area (Å²) in [5.41, 5.74) is 0.487. The lowest BCUT2D eigenvalue weighted by molar-refractivity contribution is -0.132. The first-order chi connectivity index (χ1) is 12.1. The van der Waals surface area contributed by atoms with Gasteiger partial charge >= 0.3 is 0 Å². The Morgan fingerprint density at radius 1 is 1.28 bits per heavy atom. The lowest BCUT2D eigenvalue weighted by Crippen LogP contribution is -2.39. The summed E-state index contributed by atoms with van der Waals surface area (Å²) in [5.74, 6) is 2.57. The van der Waals surface area contributed by atoms with Crippen molar-refractivity contribution < 1.29 is 14.1 Å². The first kappa shape index (κ1) is 18.2. The first-order valence-corrected chi connectivity index (χ1v) is 9.86. The second kappa shape index (κ2) is 8.15. The summed E-state index contributed by atoms with van der Waals surface area (Å²) in [6.45, 7) is 5.93. The maximum atomic E-state index is 12.5. The molecule has 1 saturated heterocycles. The summed E-state index contributed by atoms with van der Waals surface area (Å²) in [6.07, 6.45) is 7.52. The summed E-state index contributed by atoms with van der Waals surface area (Å²) in [7, 11) is 0. The highest BCUT2D eigenvalue weighted by Crippen LogP contribution is 2.40. The minimum Gasteiger partial charge on any atom is -0.360 e. The van der Waals surface area contributed by atoms with Crippen molar-refractivity contribution in [2.45, 2.75) is 71.1 Å². The third kappa shape index (κ3) is 4.71. The van der Waals surface area contributed by atoms with Crippen molar-refractivity contribution in [3.63, 3.8) is 0 Å². The van der Waals surface area contributed by atoms with Gasteiger partial charge in [-0.15, -0.1) is 0 Å². The molecule has 5 heteroatoms. The zero-order valence-electron chi connectivity index (χ0n) is 15.5. The molecule has 0 bridgehead atoms. The second-order valence-corrected chi connectivity index (χ2v) is 7.82. The SMILES string of the molecule is CCCCC(=O)N1CCC([C@H](C)CC(=O)c2cc(C3CC3)on2)CC1. The first-order valence-electron chi connectivity index (χ1n) is 9.86. The van der Waals surface area contributed by atoms with E-state index in [1.54, 1.807) is 0 Å². The van der Waals surface area contributed by atoms with Gasteiger partial charge in [0.05, 0.1) is 0 Å². The Kier molecular flexibility index (Phi) is 5.92. The van der Waals surface area contributed by atoms with Gasteiger partial charge in [-0.3, -0.25) is 9.59 Å². The molecule has 1 aliphatic carbocycles. The number of nitrogens with zero attached hydrogens (tertiary/aromatic N) is 2. The Balaban J connectivity index is 1.44. The van der Waals surface area contributed by atoms with Gasteiger partial charge in [0, 0.05) is 37.9 Å². The molecular formula is C20H30N2O3. The molecule has 2 aliphatic rings. The highest BCUT2D eigenvalue weighted by Gasteiger charge is 2.30. The molecule has 1 aromatic heterocycles. The topological polar surface area (TPSA) is 63.4 Å². The predicted octanol–water partition coefficient (Wildman–Crippen LogP) is 4.19. The van der Waals surface area contributed by atoms with Crippen molar-refractivity contribution in [1.82, 2.24) is 10.1 Å². The number of carbonyl (C=O) groups excluding carboxylic acids is 2. The van der Waals surface area contributed by atoms with Gasteiger partial charge in [-0.05, 0) is 43.9 Å². The fourth-order valence-electron chi connectivity index (χ4n) is 3.75. The third-order valence-electron chi connectivity index (χ3n) is 5.74. The van der Waals surface area contributed by atoms with E-state index in [9.17, 15) is 9.59 Å². The molecule has 1 aromatic rings. The van der Waals surface area contributed by atoms with Crippen molar-refractivity contribution in [1.29, 1.82) is 0 Å². The quantitative estimate of drug-likeness (QED) is 0.662. The molecule has 1 atom stereocenters. The molecule has 1 amide bonds. The van der Waals surface area contributed by atoms with Gasteiger partial charge in [0.2, 0.25) is 5.91 Å². The van der Waals surface area contributed by atoms with Crippen LogP contribution < -0.4 is 0 Å². The van der Waals surface area contributed by atoms with Crippen LogP contribution in [0.15, 0.2) is 10.6 Å². The zero-order chi connectivity index (χ0) is 17.8. The number of hydrogen-bond donors (Lipinski definition) is 0. The molecule has 2 fully saturated rings. The molecule has 5 nitrogen and oxygen atoms in total. The van der Waals surface area contributed by atoms with E-state index in [0.29, 0.717) is 42.2 Å². The van der Waals surface area contributed by atoms with E-state index in [-0.39, 0.29) is 5.78 Å². The van der Waals surface area contributed by atoms with E-state index in [4.69, 9.17) is 4.52 Å². The van der Waals surface area contributed by atoms with Crippen molar-refractivity contribution in [3.8, 4) is 0 Å². The Morgan fingerprint density at radius 3 is 2.64 bits per heavy atom. The fourth-order valence-corrected chi connectivity index (χ4v) is 3.75. The third-order valence-corrected chi connectivity index (χ3v) is 5.74. The number of ketones is 1. The minimum atomic E-state index is 0.0876. The molecule has 3 rings (SSSR count). The number of unbranched alkanes of at least 4 members (excludes halogenated alkanes) is 1. The molecule has 1 aliphatic heterocycles. The van der Waals surface area contributed by atoms with E-state index in [0.717, 1.165) is 57.4 Å². The van der Waals surface area contributed by atoms with Gasteiger partial charge in [0.1, 0.15) is 11.5 Å². The smallest absolute Gasteiger partial charge is 0.222 e. The monoisotopic (exact) mass is 346 g/mol. The van der Waals surface area contributed by atoms with Crippen LogP contribution in [0.4, 0.5) is 0 Å². The summed E-state index contributed by atoms with van der Waals surface area (Å²) in [6, 6.07) is 1.84. The predicted molar refractivity (Wildman–Crippen MR) is 95.4 cm³/mol. The van der Waals surface area contributed by atoms with E-state index in [1.807, 2.05) is 11.0 Å². The molecule has 0 aromatic carbocycles. The molecule has 0 radical (unpaired) electrons. The minimum absolute atomic E-state index is 0.0876. The molecule has 1 saturated carbocycles. The lowest BCUT2D eigenvalue weighted by atomic mass is 9.82. The summed E-state index contributed by atoms with van der Waals surface area (Å²) in [5, 5.41) is 3.96. The molecule has 25 heavy (non-hydrogen) atoms. The fraction of sp³-hybridized carbons (Fsp3) is 0.750. The van der Waals surface area contributed by atoms with Gasteiger partial charge in [-0.1, -0.05) is 25.4 Å². The van der Waals surface area contributed by atoms with Gasteiger partial charge in [-0.25, -0.2) is 0 Å². The summed E-state index contributed by atoms with van der Waals surface area (Å²) < 4.78 is 5.29. The summed E-state index contributed by atoms with van der Waals surface area (Å²) >= 11 is 0. The van der Waals surface area contributed by atoms with Crippen molar-refractivity contribution in [2.24, 2.45) is 11.8 Å². The summed E-state index contributed by atoms with van der Waals surface area (Å²) in [4.78, 5) is 26.6. The van der Waals surface area contributed by atoms with Crippen molar-refractivity contribution in [2.75, 3.05) is 13.1 Å². The molecule has 0 N–H and O–H groups in total. The molecular weight excluding hydrogens is 316 g/mol. The molecule has 0 unspecified atom stereocenters. The second-order valence-electron chi connectivity index (χ2n) is 7.82. The van der Waals surface area contributed by atoms with E-state index in [1.165, 1.54) is 0 Å². The Morgan fingerprint density at radius 2 is 2.00 bits per heavy atom. The number of Topliss-reactive ketones (excluding diaryl/α,β-unsaturated/α-hetero) is 1. The average molecular weight is 346 g/mol. The number of rotatable bonds is 8. The van der Waals surface area contributed by atoms with Gasteiger partial charge in [0.15, 0.2) is 5.78 Å². The average Bonchev–Trinajstić information content (AvgIpc) is 3.36. The van der Waals surface area contributed by atoms with Crippen LogP contribution in [0.3, 0.4) is 0 Å².